The average molecular weight is 329 g/mol. The second kappa shape index (κ2) is 6.53. The van der Waals surface area contributed by atoms with Crippen LogP contribution in [0.4, 0.5) is 0 Å². The first kappa shape index (κ1) is 16.6. The SMILES string of the molecule is CC(C)C[C@@H](NS(=O)(=O)c1cccc2c1OCCO2)C(=O)O. The van der Waals surface area contributed by atoms with Crippen LogP contribution < -0.4 is 14.2 Å². The maximum atomic E-state index is 12.5. The fraction of sp³-hybridized carbons (Fsp3) is 0.500. The normalized spacial score (nSPS) is 15.6. The molecular weight excluding hydrogens is 310 g/mol. The van der Waals surface area contributed by atoms with Crippen LogP contribution in [-0.4, -0.2) is 38.7 Å². The summed E-state index contributed by atoms with van der Waals surface area (Å²) in [4.78, 5) is 11.1. The van der Waals surface area contributed by atoms with E-state index < -0.39 is 22.0 Å². The number of carbonyl (C=O) groups is 1. The summed E-state index contributed by atoms with van der Waals surface area (Å²) in [5.41, 5.74) is 0. The average Bonchev–Trinajstić information content (AvgIpc) is 2.45. The molecule has 1 atom stereocenters. The highest BCUT2D eigenvalue weighted by Gasteiger charge is 2.30. The van der Waals surface area contributed by atoms with Gasteiger partial charge >= 0.3 is 5.97 Å². The molecule has 0 unspecified atom stereocenters. The van der Waals surface area contributed by atoms with Gasteiger partial charge in [0.05, 0.1) is 0 Å². The van der Waals surface area contributed by atoms with Gasteiger partial charge in [-0.2, -0.15) is 4.72 Å². The third kappa shape index (κ3) is 3.69. The summed E-state index contributed by atoms with van der Waals surface area (Å²) >= 11 is 0. The zero-order chi connectivity index (χ0) is 16.3. The molecule has 122 valence electrons. The molecular formula is C14H19NO6S. The van der Waals surface area contributed by atoms with Gasteiger partial charge < -0.3 is 14.6 Å². The zero-order valence-corrected chi connectivity index (χ0v) is 13.2. The van der Waals surface area contributed by atoms with Gasteiger partial charge in [0.2, 0.25) is 10.0 Å². The van der Waals surface area contributed by atoms with E-state index in [-0.39, 0.29) is 29.6 Å². The fourth-order valence-corrected chi connectivity index (χ4v) is 3.54. The van der Waals surface area contributed by atoms with Crippen LogP contribution in [0.25, 0.3) is 0 Å². The molecule has 0 aromatic heterocycles. The summed E-state index contributed by atoms with van der Waals surface area (Å²) < 4.78 is 37.9. The highest BCUT2D eigenvalue weighted by atomic mass is 32.2. The number of aliphatic carboxylic acids is 1. The molecule has 8 heteroatoms. The number of carboxylic acids is 1. The molecule has 0 saturated carbocycles. The first-order valence-corrected chi connectivity index (χ1v) is 8.43. The first-order chi connectivity index (χ1) is 10.3. The van der Waals surface area contributed by atoms with Crippen LogP contribution >= 0.6 is 0 Å². The lowest BCUT2D eigenvalue weighted by Crippen LogP contribution is -2.41. The number of carboxylic acid groups (broad SMARTS) is 1. The van der Waals surface area contributed by atoms with Crippen molar-refractivity contribution in [3.63, 3.8) is 0 Å². The summed E-state index contributed by atoms with van der Waals surface area (Å²) in [7, 11) is -4.03. The van der Waals surface area contributed by atoms with Gasteiger partial charge in [-0.1, -0.05) is 19.9 Å². The number of sulfonamides is 1. The summed E-state index contributed by atoms with van der Waals surface area (Å²) in [6.07, 6.45) is 0.195. The quantitative estimate of drug-likeness (QED) is 0.814. The molecule has 1 aromatic carbocycles. The molecule has 1 aliphatic rings. The molecule has 0 spiro atoms. The number of nitrogens with one attached hydrogen (secondary N) is 1. The van der Waals surface area contributed by atoms with Crippen LogP contribution in [0.2, 0.25) is 0 Å². The van der Waals surface area contributed by atoms with E-state index in [0.29, 0.717) is 12.4 Å². The Kier molecular flexibility index (Phi) is 4.92. The van der Waals surface area contributed by atoms with Crippen LogP contribution in [0.1, 0.15) is 20.3 Å². The Morgan fingerprint density at radius 1 is 1.32 bits per heavy atom. The van der Waals surface area contributed by atoms with E-state index in [4.69, 9.17) is 9.47 Å². The van der Waals surface area contributed by atoms with Gasteiger partial charge in [0.1, 0.15) is 24.2 Å². The number of hydrogen-bond donors (Lipinski definition) is 2. The highest BCUT2D eigenvalue weighted by Crippen LogP contribution is 2.36. The molecule has 0 radical (unpaired) electrons. The Bertz CT molecular complexity index is 655. The van der Waals surface area contributed by atoms with E-state index in [1.807, 2.05) is 13.8 Å². The van der Waals surface area contributed by atoms with Crippen molar-refractivity contribution in [2.75, 3.05) is 13.2 Å². The summed E-state index contributed by atoms with van der Waals surface area (Å²) in [5.74, 6) is -0.716. The minimum absolute atomic E-state index is 0.0353. The van der Waals surface area contributed by atoms with Crippen LogP contribution in [0, 0.1) is 5.92 Å². The van der Waals surface area contributed by atoms with E-state index in [9.17, 15) is 18.3 Å². The molecule has 22 heavy (non-hydrogen) atoms. The fourth-order valence-electron chi connectivity index (χ4n) is 2.18. The number of hydrogen-bond acceptors (Lipinski definition) is 5. The largest absolute Gasteiger partial charge is 0.486 e. The predicted molar refractivity (Wildman–Crippen MR) is 78.6 cm³/mol. The van der Waals surface area contributed by atoms with Gasteiger partial charge in [-0.25, -0.2) is 8.42 Å². The van der Waals surface area contributed by atoms with Crippen molar-refractivity contribution in [1.82, 2.24) is 4.72 Å². The molecule has 7 nitrogen and oxygen atoms in total. The molecule has 0 saturated heterocycles. The van der Waals surface area contributed by atoms with Crippen molar-refractivity contribution in [3.05, 3.63) is 18.2 Å². The molecule has 1 heterocycles. The second-order valence-electron chi connectivity index (χ2n) is 5.42. The van der Waals surface area contributed by atoms with Crippen molar-refractivity contribution in [1.29, 1.82) is 0 Å². The van der Waals surface area contributed by atoms with Gasteiger partial charge in [0.15, 0.2) is 11.5 Å². The molecule has 0 fully saturated rings. The number of fused-ring (bicyclic) bond motifs is 1. The lowest BCUT2D eigenvalue weighted by molar-refractivity contribution is -0.139. The van der Waals surface area contributed by atoms with Crippen molar-refractivity contribution < 1.29 is 27.8 Å². The first-order valence-electron chi connectivity index (χ1n) is 6.95. The van der Waals surface area contributed by atoms with Crippen molar-refractivity contribution in [3.8, 4) is 11.5 Å². The molecule has 0 amide bonds. The Morgan fingerprint density at radius 3 is 2.64 bits per heavy atom. The molecule has 1 aliphatic heterocycles. The maximum absolute atomic E-state index is 12.5. The number of rotatable bonds is 6. The molecule has 0 bridgehead atoms. The minimum atomic E-state index is -4.03. The van der Waals surface area contributed by atoms with Crippen LogP contribution in [0.5, 0.6) is 11.5 Å². The van der Waals surface area contributed by atoms with E-state index in [2.05, 4.69) is 4.72 Å². The summed E-state index contributed by atoms with van der Waals surface area (Å²) in [6, 6.07) is 3.31. The van der Waals surface area contributed by atoms with E-state index >= 15 is 0 Å². The van der Waals surface area contributed by atoms with E-state index in [1.165, 1.54) is 12.1 Å². The topological polar surface area (TPSA) is 102 Å². The van der Waals surface area contributed by atoms with Crippen molar-refractivity contribution in [2.45, 2.75) is 31.2 Å². The van der Waals surface area contributed by atoms with E-state index in [1.54, 1.807) is 6.07 Å². The highest BCUT2D eigenvalue weighted by molar-refractivity contribution is 7.89. The van der Waals surface area contributed by atoms with Gasteiger partial charge in [-0.15, -0.1) is 0 Å². The van der Waals surface area contributed by atoms with Gasteiger partial charge in [-0.3, -0.25) is 4.79 Å². The lowest BCUT2D eigenvalue weighted by atomic mass is 10.1. The maximum Gasteiger partial charge on any atom is 0.321 e. The standard InChI is InChI=1S/C14H19NO6S/c1-9(2)8-10(14(16)17)15-22(18,19)12-5-3-4-11-13(12)21-7-6-20-11/h3-5,9-10,15H,6-8H2,1-2H3,(H,16,17)/t10-/m1/s1. The summed E-state index contributed by atoms with van der Waals surface area (Å²) in [6.45, 7) is 4.24. The van der Waals surface area contributed by atoms with Crippen LogP contribution in [0.15, 0.2) is 23.1 Å². The minimum Gasteiger partial charge on any atom is -0.486 e. The Labute approximate surface area is 129 Å². The third-order valence-electron chi connectivity index (χ3n) is 3.12. The van der Waals surface area contributed by atoms with Gasteiger partial charge in [-0.05, 0) is 24.5 Å². The Balaban J connectivity index is 2.32. The third-order valence-corrected chi connectivity index (χ3v) is 4.62. The zero-order valence-electron chi connectivity index (χ0n) is 12.4. The van der Waals surface area contributed by atoms with Gasteiger partial charge in [0.25, 0.3) is 0 Å². The van der Waals surface area contributed by atoms with Crippen molar-refractivity contribution >= 4 is 16.0 Å². The smallest absolute Gasteiger partial charge is 0.321 e. The number of ether oxygens (including phenoxy) is 2. The molecule has 2 rings (SSSR count). The second-order valence-corrected chi connectivity index (χ2v) is 7.10. The Morgan fingerprint density at radius 2 is 2.00 bits per heavy atom. The van der Waals surface area contributed by atoms with E-state index in [0.717, 1.165) is 0 Å². The van der Waals surface area contributed by atoms with Gasteiger partial charge in [0, 0.05) is 0 Å². The summed E-state index contributed by atoms with van der Waals surface area (Å²) in [5, 5.41) is 9.19. The predicted octanol–water partition coefficient (Wildman–Crippen LogP) is 1.24. The Hall–Kier alpha value is -1.80. The monoisotopic (exact) mass is 329 g/mol. The lowest BCUT2D eigenvalue weighted by Gasteiger charge is -2.22. The molecule has 0 aliphatic carbocycles. The van der Waals surface area contributed by atoms with Crippen LogP contribution in [0.3, 0.4) is 0 Å². The molecule has 2 N–H and O–H groups in total. The van der Waals surface area contributed by atoms with Crippen molar-refractivity contribution in [2.24, 2.45) is 5.92 Å². The van der Waals surface area contributed by atoms with Crippen LogP contribution in [-0.2, 0) is 14.8 Å². The number of para-hydroxylation sites is 1. The molecule has 1 aromatic rings. The number of benzene rings is 1.